The molecule has 3 aromatic rings. The molecular weight excluding hydrogens is 436 g/mol. The molecule has 8 heteroatoms. The smallest absolute Gasteiger partial charge is 0.283 e. The molecule has 0 fully saturated rings. The summed E-state index contributed by atoms with van der Waals surface area (Å²) in [6.07, 6.45) is 0. The zero-order valence-electron chi connectivity index (χ0n) is 20.3. The molecule has 0 aliphatic carbocycles. The molecule has 0 saturated heterocycles. The number of nitrogens with zero attached hydrogens (tertiary/aromatic N) is 2. The van der Waals surface area contributed by atoms with Gasteiger partial charge in [-0.1, -0.05) is 44.5 Å². The molecule has 2 aromatic carbocycles. The molecule has 1 heterocycles. The lowest BCUT2D eigenvalue weighted by Gasteiger charge is -2.15. The van der Waals surface area contributed by atoms with Crippen LogP contribution in [0, 0.1) is 20.8 Å². The highest BCUT2D eigenvalue weighted by Gasteiger charge is 2.26. The number of aromatic nitrogens is 2. The first-order valence-corrected chi connectivity index (χ1v) is 12.3. The van der Waals surface area contributed by atoms with Crippen LogP contribution in [-0.4, -0.2) is 31.2 Å². The normalized spacial score (nSPS) is 12.0. The Morgan fingerprint density at radius 3 is 2.24 bits per heavy atom. The fourth-order valence-corrected chi connectivity index (χ4v) is 4.75. The van der Waals surface area contributed by atoms with E-state index in [1.54, 1.807) is 29.9 Å². The van der Waals surface area contributed by atoms with Crippen molar-refractivity contribution in [3.63, 3.8) is 0 Å². The van der Waals surface area contributed by atoms with Crippen LogP contribution in [0.25, 0.3) is 0 Å². The van der Waals surface area contributed by atoms with Crippen LogP contribution in [-0.2, 0) is 22.0 Å². The van der Waals surface area contributed by atoms with E-state index in [0.29, 0.717) is 17.9 Å². The highest BCUT2D eigenvalue weighted by Crippen LogP contribution is 2.24. The Labute approximate surface area is 196 Å². The van der Waals surface area contributed by atoms with Gasteiger partial charge in [0.15, 0.2) is 0 Å². The lowest BCUT2D eigenvalue weighted by atomic mass is 9.92. The standard InChI is InChI=1S/C25H32N4O3S/c1-16-11-17(2)21(18(3)12-16)15-29-22(14-23(27-29)25(4,5)6)24(30)28-33(31,32)20-10-8-9-19(13-20)26-7/h8-14,26H,15H2,1-7H3,(H,28,30). The summed E-state index contributed by atoms with van der Waals surface area (Å²) >= 11 is 0. The van der Waals surface area contributed by atoms with Crippen LogP contribution in [0.3, 0.4) is 0 Å². The molecule has 0 unspecified atom stereocenters. The molecule has 0 aliphatic rings. The Balaban J connectivity index is 2.01. The molecule has 7 nitrogen and oxygen atoms in total. The number of benzene rings is 2. The number of rotatable bonds is 6. The number of carbonyl (C=O) groups is 1. The third-order valence-electron chi connectivity index (χ3n) is 5.59. The van der Waals surface area contributed by atoms with E-state index in [-0.39, 0.29) is 16.0 Å². The van der Waals surface area contributed by atoms with Crippen molar-refractivity contribution in [1.82, 2.24) is 14.5 Å². The van der Waals surface area contributed by atoms with Crippen molar-refractivity contribution in [2.75, 3.05) is 12.4 Å². The van der Waals surface area contributed by atoms with E-state index in [4.69, 9.17) is 0 Å². The maximum atomic E-state index is 13.2. The monoisotopic (exact) mass is 468 g/mol. The zero-order valence-corrected chi connectivity index (χ0v) is 21.1. The average molecular weight is 469 g/mol. The largest absolute Gasteiger partial charge is 0.388 e. The Hall–Kier alpha value is -3.13. The SMILES string of the molecule is CNc1cccc(S(=O)(=O)NC(=O)c2cc(C(C)(C)C)nn2Cc2c(C)cc(C)cc2C)c1. The molecule has 0 atom stereocenters. The lowest BCUT2D eigenvalue weighted by molar-refractivity contribution is 0.0971. The van der Waals surface area contributed by atoms with Gasteiger partial charge in [-0.15, -0.1) is 0 Å². The average Bonchev–Trinajstić information content (AvgIpc) is 3.15. The van der Waals surface area contributed by atoms with Gasteiger partial charge in [0, 0.05) is 18.2 Å². The van der Waals surface area contributed by atoms with Crippen LogP contribution >= 0.6 is 0 Å². The van der Waals surface area contributed by atoms with Gasteiger partial charge in [0.1, 0.15) is 5.69 Å². The first-order valence-electron chi connectivity index (χ1n) is 10.8. The second-order valence-electron chi connectivity index (χ2n) is 9.41. The molecule has 2 N–H and O–H groups in total. The summed E-state index contributed by atoms with van der Waals surface area (Å²) in [5.41, 5.74) is 5.66. The molecule has 3 rings (SSSR count). The van der Waals surface area contributed by atoms with E-state index in [1.807, 2.05) is 41.5 Å². The minimum absolute atomic E-state index is 0.00929. The van der Waals surface area contributed by atoms with Gasteiger partial charge < -0.3 is 5.32 Å². The number of hydrogen-bond donors (Lipinski definition) is 2. The Kier molecular flexibility index (Phi) is 6.70. The zero-order chi connectivity index (χ0) is 24.6. The van der Waals surface area contributed by atoms with Crippen molar-refractivity contribution in [1.29, 1.82) is 0 Å². The molecule has 33 heavy (non-hydrogen) atoms. The van der Waals surface area contributed by atoms with Crippen LogP contribution in [0.15, 0.2) is 47.4 Å². The molecule has 0 spiro atoms. The number of amides is 1. The van der Waals surface area contributed by atoms with Gasteiger partial charge in [-0.2, -0.15) is 5.10 Å². The van der Waals surface area contributed by atoms with Gasteiger partial charge in [0.2, 0.25) is 0 Å². The van der Waals surface area contributed by atoms with Crippen LogP contribution in [0.1, 0.15) is 59.2 Å². The van der Waals surface area contributed by atoms with Crippen molar-refractivity contribution in [2.24, 2.45) is 0 Å². The van der Waals surface area contributed by atoms with E-state index in [1.165, 1.54) is 12.1 Å². The summed E-state index contributed by atoms with van der Waals surface area (Å²) in [4.78, 5) is 13.2. The molecule has 1 aromatic heterocycles. The van der Waals surface area contributed by atoms with E-state index >= 15 is 0 Å². The lowest BCUT2D eigenvalue weighted by Crippen LogP contribution is -2.32. The van der Waals surface area contributed by atoms with Crippen molar-refractivity contribution in [2.45, 2.75) is 58.4 Å². The third-order valence-corrected chi connectivity index (χ3v) is 6.92. The van der Waals surface area contributed by atoms with E-state index in [2.05, 4.69) is 27.3 Å². The highest BCUT2D eigenvalue weighted by molar-refractivity contribution is 7.90. The number of carbonyl (C=O) groups excluding carboxylic acids is 1. The maximum Gasteiger partial charge on any atom is 0.283 e. The van der Waals surface area contributed by atoms with Crippen LogP contribution in [0.5, 0.6) is 0 Å². The van der Waals surface area contributed by atoms with Gasteiger partial charge in [-0.3, -0.25) is 9.48 Å². The second kappa shape index (κ2) is 9.02. The van der Waals surface area contributed by atoms with Gasteiger partial charge in [-0.05, 0) is 61.7 Å². The molecule has 1 amide bonds. The summed E-state index contributed by atoms with van der Waals surface area (Å²) in [6, 6.07) is 12.2. The van der Waals surface area contributed by atoms with Crippen LogP contribution < -0.4 is 10.0 Å². The van der Waals surface area contributed by atoms with Gasteiger partial charge in [0.05, 0.1) is 17.1 Å². The predicted octanol–water partition coefficient (Wildman–Crippen LogP) is 4.31. The fourth-order valence-electron chi connectivity index (χ4n) is 3.75. The van der Waals surface area contributed by atoms with Crippen molar-refractivity contribution in [3.8, 4) is 0 Å². The number of nitrogens with one attached hydrogen (secondary N) is 2. The van der Waals surface area contributed by atoms with Crippen molar-refractivity contribution < 1.29 is 13.2 Å². The Morgan fingerprint density at radius 2 is 1.67 bits per heavy atom. The first kappa shape index (κ1) is 24.5. The number of hydrogen-bond acceptors (Lipinski definition) is 5. The Morgan fingerprint density at radius 1 is 1.03 bits per heavy atom. The van der Waals surface area contributed by atoms with Crippen molar-refractivity contribution >= 4 is 21.6 Å². The molecule has 0 radical (unpaired) electrons. The number of sulfonamides is 1. The quantitative estimate of drug-likeness (QED) is 0.562. The summed E-state index contributed by atoms with van der Waals surface area (Å²) in [5, 5.41) is 7.59. The molecule has 0 bridgehead atoms. The molecule has 0 aliphatic heterocycles. The third kappa shape index (κ3) is 5.45. The molecular formula is C25H32N4O3S. The Bertz CT molecular complexity index is 1280. The fraction of sp³-hybridized carbons (Fsp3) is 0.360. The molecule has 0 saturated carbocycles. The van der Waals surface area contributed by atoms with E-state index in [0.717, 1.165) is 22.3 Å². The second-order valence-corrected chi connectivity index (χ2v) is 11.1. The maximum absolute atomic E-state index is 13.2. The van der Waals surface area contributed by atoms with E-state index in [9.17, 15) is 13.2 Å². The minimum atomic E-state index is -4.06. The van der Waals surface area contributed by atoms with Crippen LogP contribution in [0.4, 0.5) is 5.69 Å². The summed E-state index contributed by atoms with van der Waals surface area (Å²) in [7, 11) is -2.36. The van der Waals surface area contributed by atoms with Gasteiger partial charge in [0.25, 0.3) is 15.9 Å². The van der Waals surface area contributed by atoms with Gasteiger partial charge >= 0.3 is 0 Å². The summed E-state index contributed by atoms with van der Waals surface area (Å²) < 4.78 is 29.6. The topological polar surface area (TPSA) is 93.1 Å². The summed E-state index contributed by atoms with van der Waals surface area (Å²) in [6.45, 7) is 12.5. The number of aryl methyl sites for hydroxylation is 3. The minimum Gasteiger partial charge on any atom is -0.388 e. The first-order chi connectivity index (χ1) is 15.3. The van der Waals surface area contributed by atoms with Crippen LogP contribution in [0.2, 0.25) is 0 Å². The predicted molar refractivity (Wildman–Crippen MR) is 131 cm³/mol. The molecule has 176 valence electrons. The van der Waals surface area contributed by atoms with E-state index < -0.39 is 15.9 Å². The van der Waals surface area contributed by atoms with Crippen molar-refractivity contribution in [3.05, 3.63) is 76.1 Å². The van der Waals surface area contributed by atoms with Gasteiger partial charge in [-0.25, -0.2) is 13.1 Å². The number of anilines is 1. The highest BCUT2D eigenvalue weighted by atomic mass is 32.2. The summed E-state index contributed by atoms with van der Waals surface area (Å²) in [5.74, 6) is -0.713.